The molecule has 0 atom stereocenters. The number of hydrogen-bond acceptors (Lipinski definition) is 7. The van der Waals surface area contributed by atoms with Crippen molar-refractivity contribution in [3.05, 3.63) is 78.7 Å². The summed E-state index contributed by atoms with van der Waals surface area (Å²) in [5, 5.41) is 26.2. The van der Waals surface area contributed by atoms with E-state index in [4.69, 9.17) is 0 Å². The molecule has 136 valence electrons. The highest BCUT2D eigenvalue weighted by Crippen LogP contribution is 2.28. The molecule has 0 saturated carbocycles. The van der Waals surface area contributed by atoms with E-state index in [1.54, 1.807) is 31.2 Å². The molecule has 0 saturated heterocycles. The summed E-state index contributed by atoms with van der Waals surface area (Å²) in [6, 6.07) is 10.5. The molecule has 10 heteroatoms. The fourth-order valence-corrected chi connectivity index (χ4v) is 3.31. The number of nitro groups is 2. The van der Waals surface area contributed by atoms with Gasteiger partial charge in [0.1, 0.15) is 0 Å². The molecule has 0 bridgehead atoms. The van der Waals surface area contributed by atoms with Crippen molar-refractivity contribution in [2.75, 3.05) is 0 Å². The number of aryl methyl sites for hydroxylation is 1. The second-order valence-corrected chi connectivity index (χ2v) is 6.68. The third-order valence-corrected chi connectivity index (χ3v) is 4.86. The van der Waals surface area contributed by atoms with E-state index in [1.807, 2.05) is 0 Å². The van der Waals surface area contributed by atoms with Gasteiger partial charge in [0.2, 0.25) is 0 Å². The van der Waals surface area contributed by atoms with E-state index in [9.17, 15) is 25.0 Å². The predicted molar refractivity (Wildman–Crippen MR) is 101 cm³/mol. The van der Waals surface area contributed by atoms with Crippen LogP contribution in [0, 0.1) is 27.2 Å². The third-order valence-electron chi connectivity index (χ3n) is 3.74. The Morgan fingerprint density at radius 1 is 1.11 bits per heavy atom. The summed E-state index contributed by atoms with van der Waals surface area (Å²) in [6.45, 7) is 1.63. The summed E-state index contributed by atoms with van der Waals surface area (Å²) in [5.41, 5.74) is 3.27. The number of non-ortho nitro benzene ring substituents is 1. The normalized spacial score (nSPS) is 11.0. The Kier molecular flexibility index (Phi) is 4.90. The highest BCUT2D eigenvalue weighted by molar-refractivity contribution is 7.20. The lowest BCUT2D eigenvalue weighted by atomic mass is 10.1. The molecule has 3 aromatic rings. The van der Waals surface area contributed by atoms with Gasteiger partial charge in [0.05, 0.1) is 20.9 Å². The minimum Gasteiger partial charge on any atom is -0.266 e. The highest BCUT2D eigenvalue weighted by atomic mass is 32.1. The summed E-state index contributed by atoms with van der Waals surface area (Å²) in [5.74, 6) is -0.475. The largest absolute Gasteiger partial charge is 0.281 e. The van der Waals surface area contributed by atoms with Crippen molar-refractivity contribution in [1.82, 2.24) is 5.43 Å². The molecule has 1 aromatic heterocycles. The SMILES string of the molecule is Cc1ccc(C=NNC(=O)c2cc3cc([N+](=O)[O-])ccc3s2)cc1[N+](=O)[O-]. The minimum absolute atomic E-state index is 0.0311. The number of nitrogens with one attached hydrogen (secondary N) is 1. The second kappa shape index (κ2) is 7.30. The molecular weight excluding hydrogens is 372 g/mol. The maximum absolute atomic E-state index is 12.2. The van der Waals surface area contributed by atoms with Gasteiger partial charge in [0.15, 0.2) is 0 Å². The van der Waals surface area contributed by atoms with Crippen LogP contribution in [0.2, 0.25) is 0 Å². The first-order valence-electron chi connectivity index (χ1n) is 7.61. The molecule has 0 radical (unpaired) electrons. The van der Waals surface area contributed by atoms with Crippen LogP contribution in [-0.2, 0) is 0 Å². The predicted octanol–water partition coefficient (Wildman–Crippen LogP) is 3.79. The molecule has 9 nitrogen and oxygen atoms in total. The number of carbonyl (C=O) groups is 1. The van der Waals surface area contributed by atoms with Crippen LogP contribution in [0.5, 0.6) is 0 Å². The summed E-state index contributed by atoms with van der Waals surface area (Å²) in [6.07, 6.45) is 1.31. The standard InChI is InChI=1S/C17H12N4O5S/c1-10-2-3-11(6-14(10)21(25)26)9-18-19-17(22)16-8-12-7-13(20(23)24)4-5-15(12)27-16/h2-9H,1H3,(H,19,22). The van der Waals surface area contributed by atoms with Crippen LogP contribution < -0.4 is 5.43 Å². The number of nitro benzene ring substituents is 2. The maximum Gasteiger partial charge on any atom is 0.281 e. The minimum atomic E-state index is -0.498. The van der Waals surface area contributed by atoms with Crippen molar-refractivity contribution >= 4 is 44.9 Å². The van der Waals surface area contributed by atoms with E-state index in [-0.39, 0.29) is 11.4 Å². The Hall–Kier alpha value is -3.66. The number of hydrogen-bond donors (Lipinski definition) is 1. The van der Waals surface area contributed by atoms with Gasteiger partial charge in [-0.25, -0.2) is 5.43 Å². The van der Waals surface area contributed by atoms with Crippen molar-refractivity contribution in [3.63, 3.8) is 0 Å². The smallest absolute Gasteiger partial charge is 0.266 e. The monoisotopic (exact) mass is 384 g/mol. The van der Waals surface area contributed by atoms with Gasteiger partial charge in [-0.15, -0.1) is 11.3 Å². The molecule has 0 spiro atoms. The van der Waals surface area contributed by atoms with Crippen LogP contribution >= 0.6 is 11.3 Å². The molecular formula is C17H12N4O5S. The first-order chi connectivity index (χ1) is 12.8. The number of amides is 1. The van der Waals surface area contributed by atoms with Gasteiger partial charge >= 0.3 is 0 Å². The summed E-state index contributed by atoms with van der Waals surface area (Å²) in [4.78, 5) is 33.3. The van der Waals surface area contributed by atoms with Gasteiger partial charge < -0.3 is 0 Å². The molecule has 0 aliphatic carbocycles. The average molecular weight is 384 g/mol. The number of rotatable bonds is 5. The summed E-state index contributed by atoms with van der Waals surface area (Å²) >= 11 is 1.18. The van der Waals surface area contributed by atoms with Crippen molar-refractivity contribution in [1.29, 1.82) is 0 Å². The lowest BCUT2D eigenvalue weighted by Crippen LogP contribution is -2.16. The third kappa shape index (κ3) is 3.96. The molecule has 0 unspecified atom stereocenters. The number of fused-ring (bicyclic) bond motifs is 1. The Morgan fingerprint density at radius 3 is 2.59 bits per heavy atom. The Balaban J connectivity index is 1.75. The van der Waals surface area contributed by atoms with Crippen molar-refractivity contribution in [2.24, 2.45) is 5.10 Å². The van der Waals surface area contributed by atoms with Crippen LogP contribution in [0.4, 0.5) is 11.4 Å². The van der Waals surface area contributed by atoms with Crippen LogP contribution in [0.3, 0.4) is 0 Å². The number of thiophene rings is 1. The highest BCUT2D eigenvalue weighted by Gasteiger charge is 2.13. The van der Waals surface area contributed by atoms with E-state index < -0.39 is 15.8 Å². The molecule has 0 aliphatic heterocycles. The molecule has 1 amide bonds. The number of benzene rings is 2. The van der Waals surface area contributed by atoms with Gasteiger partial charge in [-0.2, -0.15) is 5.10 Å². The van der Waals surface area contributed by atoms with E-state index >= 15 is 0 Å². The zero-order chi connectivity index (χ0) is 19.6. The van der Waals surface area contributed by atoms with Gasteiger partial charge in [-0.1, -0.05) is 12.1 Å². The topological polar surface area (TPSA) is 128 Å². The van der Waals surface area contributed by atoms with Crippen molar-refractivity contribution in [2.45, 2.75) is 6.92 Å². The fraction of sp³-hybridized carbons (Fsp3) is 0.0588. The van der Waals surface area contributed by atoms with Gasteiger partial charge in [-0.05, 0) is 19.1 Å². The van der Waals surface area contributed by atoms with Crippen LogP contribution in [0.1, 0.15) is 20.8 Å². The van der Waals surface area contributed by atoms with Crippen LogP contribution in [0.15, 0.2) is 47.6 Å². The second-order valence-electron chi connectivity index (χ2n) is 5.59. The Labute approximate surface area is 156 Å². The molecule has 1 heterocycles. The van der Waals surface area contributed by atoms with Crippen molar-refractivity contribution in [3.8, 4) is 0 Å². The molecule has 3 rings (SSSR count). The molecule has 2 aromatic carbocycles. The summed E-state index contributed by atoms with van der Waals surface area (Å²) < 4.78 is 0.740. The lowest BCUT2D eigenvalue weighted by Gasteiger charge is -1.99. The summed E-state index contributed by atoms with van der Waals surface area (Å²) in [7, 11) is 0. The van der Waals surface area contributed by atoms with Gasteiger partial charge in [0, 0.05) is 39.4 Å². The van der Waals surface area contributed by atoms with E-state index in [1.165, 1.54) is 35.8 Å². The van der Waals surface area contributed by atoms with Crippen LogP contribution in [0.25, 0.3) is 10.1 Å². The zero-order valence-electron chi connectivity index (χ0n) is 13.9. The maximum atomic E-state index is 12.2. The molecule has 0 aliphatic rings. The number of nitrogens with zero attached hydrogens (tertiary/aromatic N) is 3. The van der Waals surface area contributed by atoms with Gasteiger partial charge in [0.25, 0.3) is 17.3 Å². The quantitative estimate of drug-likeness (QED) is 0.406. The zero-order valence-corrected chi connectivity index (χ0v) is 14.7. The molecule has 27 heavy (non-hydrogen) atoms. The Bertz CT molecular complexity index is 1110. The lowest BCUT2D eigenvalue weighted by molar-refractivity contribution is -0.385. The van der Waals surface area contributed by atoms with Crippen molar-refractivity contribution < 1.29 is 14.6 Å². The average Bonchev–Trinajstić information content (AvgIpc) is 3.06. The van der Waals surface area contributed by atoms with E-state index in [2.05, 4.69) is 10.5 Å². The van der Waals surface area contributed by atoms with Crippen LogP contribution in [-0.4, -0.2) is 22.0 Å². The number of carbonyl (C=O) groups excluding carboxylic acids is 1. The number of hydrazone groups is 1. The first kappa shape index (κ1) is 18.1. The fourth-order valence-electron chi connectivity index (χ4n) is 2.38. The Morgan fingerprint density at radius 2 is 1.89 bits per heavy atom. The van der Waals surface area contributed by atoms with E-state index in [0.717, 1.165) is 4.70 Å². The van der Waals surface area contributed by atoms with E-state index in [0.29, 0.717) is 21.4 Å². The van der Waals surface area contributed by atoms with Gasteiger partial charge in [-0.3, -0.25) is 25.0 Å². The first-order valence-corrected chi connectivity index (χ1v) is 8.43. The molecule has 0 fully saturated rings. The molecule has 1 N–H and O–H groups in total.